The molecule has 0 spiro atoms. The Balaban J connectivity index is 1.84. The van der Waals surface area contributed by atoms with Gasteiger partial charge in [-0.1, -0.05) is 23.2 Å². The van der Waals surface area contributed by atoms with E-state index in [4.69, 9.17) is 28.0 Å². The second-order valence-electron chi connectivity index (χ2n) is 8.36. The molecule has 36 heavy (non-hydrogen) atoms. The van der Waals surface area contributed by atoms with E-state index in [2.05, 4.69) is 58.1 Å². The third-order valence-corrected chi connectivity index (χ3v) is 5.80. The van der Waals surface area contributed by atoms with Crippen molar-refractivity contribution in [2.75, 3.05) is 11.9 Å². The minimum absolute atomic E-state index is 0.0139. The van der Waals surface area contributed by atoms with Crippen molar-refractivity contribution >= 4 is 78.5 Å². The summed E-state index contributed by atoms with van der Waals surface area (Å²) in [5.74, 6) is -1.53. The zero-order valence-electron chi connectivity index (χ0n) is 19.2. The summed E-state index contributed by atoms with van der Waals surface area (Å²) in [6.45, 7) is 5.03. The van der Waals surface area contributed by atoms with Gasteiger partial charge in [-0.05, 0) is 76.9 Å². The molecule has 0 saturated carbocycles. The van der Waals surface area contributed by atoms with Crippen LogP contribution in [0.25, 0.3) is 5.82 Å². The van der Waals surface area contributed by atoms with E-state index >= 15 is 0 Å². The van der Waals surface area contributed by atoms with Crippen molar-refractivity contribution in [1.82, 2.24) is 25.6 Å². The lowest BCUT2D eigenvalue weighted by molar-refractivity contribution is -0.128. The van der Waals surface area contributed by atoms with E-state index in [-0.39, 0.29) is 32.8 Å². The molecule has 0 bridgehead atoms. The number of anilines is 1. The Labute approximate surface area is 233 Å². The molecule has 0 aliphatic rings. The summed E-state index contributed by atoms with van der Waals surface area (Å²) in [5.41, 5.74) is 1.92. The quantitative estimate of drug-likeness (QED) is 0.308. The van der Waals surface area contributed by atoms with Gasteiger partial charge in [-0.15, -0.1) is 0 Å². The van der Waals surface area contributed by atoms with Gasteiger partial charge in [0.15, 0.2) is 12.4 Å². The fourth-order valence-electron chi connectivity index (χ4n) is 2.94. The number of hydrogen-bond acceptors (Lipinski definition) is 6. The van der Waals surface area contributed by atoms with Crippen molar-refractivity contribution in [1.29, 1.82) is 0 Å². The lowest BCUT2D eigenvalue weighted by atomic mass is 10.1. The van der Waals surface area contributed by atoms with Gasteiger partial charge in [0.2, 0.25) is 5.91 Å². The number of aromatic nitrogens is 3. The Morgan fingerprint density at radius 2 is 1.83 bits per heavy atom. The topological polar surface area (TPSA) is 127 Å². The Morgan fingerprint density at radius 1 is 1.11 bits per heavy atom. The van der Waals surface area contributed by atoms with Gasteiger partial charge >= 0.3 is 0 Å². The summed E-state index contributed by atoms with van der Waals surface area (Å²) in [5, 5.41) is 10.1. The van der Waals surface area contributed by atoms with Crippen LogP contribution in [-0.2, 0) is 9.63 Å². The first-order valence-electron chi connectivity index (χ1n) is 10.3. The summed E-state index contributed by atoms with van der Waals surface area (Å²) >= 11 is 18.9. The third-order valence-electron chi connectivity index (χ3n) is 4.27. The second kappa shape index (κ2) is 11.7. The first-order chi connectivity index (χ1) is 16.9. The number of carbonyl (C=O) groups excluding carboxylic acids is 3. The molecule has 0 fully saturated rings. The highest BCUT2D eigenvalue weighted by Crippen LogP contribution is 2.32. The van der Waals surface area contributed by atoms with Crippen LogP contribution in [0.1, 0.15) is 41.6 Å². The molecule has 3 aromatic rings. The zero-order valence-corrected chi connectivity index (χ0v) is 23.8. The molecule has 14 heteroatoms. The van der Waals surface area contributed by atoms with Crippen LogP contribution in [0.2, 0.25) is 10.0 Å². The largest absolute Gasteiger partial charge is 0.349 e. The fraction of sp³-hybridized carbons (Fsp3) is 0.227. The SMILES string of the molecule is CC(C)(C)NC(=O)CONC(=O)c1cc(Cl)cc(Br)c1NC(=O)c1cc(Br)nn1-c1ncccc1Cl. The molecule has 0 unspecified atom stereocenters. The lowest BCUT2D eigenvalue weighted by Crippen LogP contribution is -2.43. The van der Waals surface area contributed by atoms with Crippen molar-refractivity contribution in [2.24, 2.45) is 0 Å². The number of pyridine rings is 1. The molecule has 0 radical (unpaired) electrons. The molecular weight excluding hydrogens is 643 g/mol. The Bertz CT molecular complexity index is 1330. The highest BCUT2D eigenvalue weighted by Gasteiger charge is 2.23. The van der Waals surface area contributed by atoms with Crippen LogP contribution >= 0.6 is 55.1 Å². The van der Waals surface area contributed by atoms with Crippen LogP contribution in [0.5, 0.6) is 0 Å². The number of rotatable bonds is 7. The van der Waals surface area contributed by atoms with Crippen molar-refractivity contribution < 1.29 is 19.2 Å². The van der Waals surface area contributed by atoms with Crippen LogP contribution in [0, 0.1) is 0 Å². The normalized spacial score (nSPS) is 11.2. The molecule has 3 N–H and O–H groups in total. The molecule has 0 saturated heterocycles. The maximum absolute atomic E-state index is 13.2. The molecule has 2 heterocycles. The summed E-state index contributed by atoms with van der Waals surface area (Å²) in [7, 11) is 0. The lowest BCUT2D eigenvalue weighted by Gasteiger charge is -2.20. The first-order valence-corrected chi connectivity index (χ1v) is 12.6. The average molecular weight is 663 g/mol. The standard InChI is InChI=1S/C22H20Br2Cl2N6O4/c1-22(2,3)29-17(33)10-36-31-20(34)12-7-11(25)8-13(23)18(12)28-21(35)15-9-16(24)30-32(15)19-14(26)5-4-6-27-19/h4-9H,10H2,1-3H3,(H,28,35)(H,29,33)(H,31,34). The van der Waals surface area contributed by atoms with E-state index in [9.17, 15) is 14.4 Å². The highest BCUT2D eigenvalue weighted by molar-refractivity contribution is 9.10. The maximum Gasteiger partial charge on any atom is 0.277 e. The molecule has 2 aromatic heterocycles. The molecule has 0 aliphatic heterocycles. The van der Waals surface area contributed by atoms with Gasteiger partial charge in [-0.2, -0.15) is 5.10 Å². The molecule has 10 nitrogen and oxygen atoms in total. The molecule has 3 rings (SSSR count). The molecule has 0 aliphatic carbocycles. The average Bonchev–Trinajstić information content (AvgIpc) is 3.15. The number of nitrogens with zero attached hydrogens (tertiary/aromatic N) is 3. The number of hydroxylamine groups is 1. The van der Waals surface area contributed by atoms with Crippen molar-refractivity contribution in [3.8, 4) is 5.82 Å². The van der Waals surface area contributed by atoms with Crippen LogP contribution < -0.4 is 16.1 Å². The van der Waals surface area contributed by atoms with Crippen LogP contribution in [0.15, 0.2) is 45.6 Å². The number of halogens is 4. The minimum Gasteiger partial charge on any atom is -0.349 e. The third kappa shape index (κ3) is 7.26. The van der Waals surface area contributed by atoms with E-state index in [0.717, 1.165) is 0 Å². The fourth-order valence-corrected chi connectivity index (χ4v) is 4.43. The number of carbonyl (C=O) groups is 3. The van der Waals surface area contributed by atoms with Gasteiger partial charge < -0.3 is 10.6 Å². The Morgan fingerprint density at radius 3 is 2.50 bits per heavy atom. The maximum atomic E-state index is 13.2. The Kier molecular flexibility index (Phi) is 9.12. The number of nitrogens with one attached hydrogen (secondary N) is 3. The van der Waals surface area contributed by atoms with Crippen LogP contribution in [0.3, 0.4) is 0 Å². The van der Waals surface area contributed by atoms with Crippen LogP contribution in [-0.4, -0.2) is 44.6 Å². The first kappa shape index (κ1) is 28.1. The number of hydrogen-bond donors (Lipinski definition) is 3. The predicted molar refractivity (Wildman–Crippen MR) is 142 cm³/mol. The van der Waals surface area contributed by atoms with Gasteiger partial charge in [0.05, 0.1) is 16.3 Å². The number of benzene rings is 1. The summed E-state index contributed by atoms with van der Waals surface area (Å²) in [4.78, 5) is 47.3. The smallest absolute Gasteiger partial charge is 0.277 e. The molecular formula is C22H20Br2Cl2N6O4. The van der Waals surface area contributed by atoms with Crippen LogP contribution in [0.4, 0.5) is 5.69 Å². The molecule has 0 atom stereocenters. The van der Waals surface area contributed by atoms with E-state index < -0.39 is 29.9 Å². The summed E-state index contributed by atoms with van der Waals surface area (Å²) in [6.07, 6.45) is 1.51. The van der Waals surface area contributed by atoms with E-state index in [0.29, 0.717) is 9.08 Å². The second-order valence-corrected chi connectivity index (χ2v) is 10.9. The zero-order chi connectivity index (χ0) is 26.6. The van der Waals surface area contributed by atoms with Gasteiger partial charge in [0, 0.05) is 27.3 Å². The molecule has 3 amide bonds. The van der Waals surface area contributed by atoms with Gasteiger partial charge in [0.25, 0.3) is 11.8 Å². The summed E-state index contributed by atoms with van der Waals surface area (Å²) < 4.78 is 1.96. The van der Waals surface area contributed by atoms with Gasteiger partial charge in [-0.25, -0.2) is 15.1 Å². The highest BCUT2D eigenvalue weighted by atomic mass is 79.9. The van der Waals surface area contributed by atoms with Crippen molar-refractivity contribution in [3.63, 3.8) is 0 Å². The summed E-state index contributed by atoms with van der Waals surface area (Å²) in [6, 6.07) is 7.59. The minimum atomic E-state index is -0.737. The van der Waals surface area contributed by atoms with E-state index in [1.54, 1.807) is 12.1 Å². The number of amides is 3. The monoisotopic (exact) mass is 660 g/mol. The molecule has 190 valence electrons. The van der Waals surface area contributed by atoms with Crippen molar-refractivity contribution in [3.05, 3.63) is 66.9 Å². The van der Waals surface area contributed by atoms with Crippen molar-refractivity contribution in [2.45, 2.75) is 26.3 Å². The Hall–Kier alpha value is -2.51. The van der Waals surface area contributed by atoms with Gasteiger partial charge in [-0.3, -0.25) is 19.2 Å². The van der Waals surface area contributed by atoms with E-state index in [1.165, 1.54) is 29.1 Å². The van der Waals surface area contributed by atoms with Gasteiger partial charge in [0.1, 0.15) is 10.3 Å². The predicted octanol–water partition coefficient (Wildman–Crippen LogP) is 4.93. The molecule has 1 aromatic carbocycles. The van der Waals surface area contributed by atoms with E-state index in [1.807, 2.05) is 20.8 Å².